The fraction of sp³-hybridized carbons (Fsp3) is 0.583. The van der Waals surface area contributed by atoms with Gasteiger partial charge in [0.1, 0.15) is 0 Å². The maximum Gasteiger partial charge on any atom is 0.247 e. The van der Waals surface area contributed by atoms with Crippen molar-refractivity contribution in [1.82, 2.24) is 15.1 Å². The van der Waals surface area contributed by atoms with Gasteiger partial charge < -0.3 is 14.4 Å². The van der Waals surface area contributed by atoms with E-state index in [9.17, 15) is 5.11 Å². The topological polar surface area (TPSA) is 62.4 Å². The smallest absolute Gasteiger partial charge is 0.247 e. The summed E-state index contributed by atoms with van der Waals surface area (Å²) in [5.74, 6) is 3.50. The van der Waals surface area contributed by atoms with Gasteiger partial charge in [-0.2, -0.15) is 0 Å². The molecule has 1 aliphatic carbocycles. The molecule has 1 aromatic heterocycles. The number of benzene rings is 1. The lowest BCUT2D eigenvalue weighted by Gasteiger charge is -2.38. The van der Waals surface area contributed by atoms with Gasteiger partial charge in [-0.3, -0.25) is 0 Å². The number of allylic oxidation sites excluding steroid dienone is 1. The Morgan fingerprint density at radius 1 is 1.17 bits per heavy atom. The van der Waals surface area contributed by atoms with Crippen LogP contribution >= 0.6 is 0 Å². The molecule has 1 N–H and O–H groups in total. The zero-order valence-electron chi connectivity index (χ0n) is 18.4. The number of hydrogen-bond acceptors (Lipinski definition) is 5. The van der Waals surface area contributed by atoms with E-state index < -0.39 is 0 Å². The molecule has 0 unspecified atom stereocenters. The molecule has 2 aromatic rings. The first kappa shape index (κ1) is 21.7. The molecule has 0 radical (unpaired) electrons. The molecule has 1 aliphatic rings. The molecule has 0 bridgehead atoms. The fourth-order valence-corrected chi connectivity index (χ4v) is 4.47. The highest BCUT2D eigenvalue weighted by atomic mass is 16.4. The molecule has 0 amide bonds. The largest absolute Gasteiger partial charge is 0.421 e. The van der Waals surface area contributed by atoms with Crippen molar-refractivity contribution in [3.05, 3.63) is 47.4 Å². The van der Waals surface area contributed by atoms with Crippen LogP contribution in [-0.2, 0) is 6.42 Å². The van der Waals surface area contributed by atoms with Crippen molar-refractivity contribution < 1.29 is 9.52 Å². The summed E-state index contributed by atoms with van der Waals surface area (Å²) in [6.45, 7) is 10.9. The molecule has 3 atom stereocenters. The van der Waals surface area contributed by atoms with Crippen LogP contribution in [0.15, 0.2) is 40.3 Å². The van der Waals surface area contributed by atoms with Gasteiger partial charge in [0.25, 0.3) is 0 Å². The molecule has 29 heavy (non-hydrogen) atoms. The summed E-state index contributed by atoms with van der Waals surface area (Å²) in [4.78, 5) is 2.23. The molecule has 158 valence electrons. The Balaban J connectivity index is 1.72. The minimum Gasteiger partial charge on any atom is -0.421 e. The molecule has 5 heteroatoms. The monoisotopic (exact) mass is 397 g/mol. The summed E-state index contributed by atoms with van der Waals surface area (Å²) in [5.41, 5.74) is 3.60. The number of aryl methyl sites for hydroxylation is 1. The van der Waals surface area contributed by atoms with E-state index in [2.05, 4.69) is 68.0 Å². The summed E-state index contributed by atoms with van der Waals surface area (Å²) in [7, 11) is 2.09. The summed E-state index contributed by atoms with van der Waals surface area (Å²) in [6.07, 6.45) is 4.38. The maximum absolute atomic E-state index is 9.22. The Bertz CT molecular complexity index is 810. The second kappa shape index (κ2) is 9.68. The van der Waals surface area contributed by atoms with Crippen molar-refractivity contribution in [2.24, 2.45) is 23.7 Å². The second-order valence-corrected chi connectivity index (χ2v) is 8.97. The minimum absolute atomic E-state index is 0.210. The molecule has 1 heterocycles. The summed E-state index contributed by atoms with van der Waals surface area (Å²) < 4.78 is 5.99. The zero-order valence-corrected chi connectivity index (χ0v) is 18.4. The third kappa shape index (κ3) is 5.55. The number of aliphatic hydroxyl groups is 1. The molecule has 0 fully saturated rings. The molecule has 0 spiro atoms. The van der Waals surface area contributed by atoms with Crippen LogP contribution < -0.4 is 0 Å². The van der Waals surface area contributed by atoms with Crippen molar-refractivity contribution in [1.29, 1.82) is 0 Å². The molecular formula is C24H35N3O2. The van der Waals surface area contributed by atoms with Crippen LogP contribution in [0.4, 0.5) is 0 Å². The molecule has 0 aliphatic heterocycles. The summed E-state index contributed by atoms with van der Waals surface area (Å²) >= 11 is 0. The van der Waals surface area contributed by atoms with E-state index in [-0.39, 0.29) is 6.61 Å². The Kier molecular flexibility index (Phi) is 7.25. The van der Waals surface area contributed by atoms with Gasteiger partial charge in [-0.05, 0) is 63.1 Å². The first-order chi connectivity index (χ1) is 13.9. The molecule has 3 rings (SSSR count). The number of aromatic nitrogens is 2. The van der Waals surface area contributed by atoms with Crippen molar-refractivity contribution in [3.63, 3.8) is 0 Å². The first-order valence-electron chi connectivity index (χ1n) is 10.7. The second-order valence-electron chi connectivity index (χ2n) is 8.97. The zero-order chi connectivity index (χ0) is 21.0. The lowest BCUT2D eigenvalue weighted by molar-refractivity contribution is 0.156. The molecule has 5 nitrogen and oxygen atoms in total. The van der Waals surface area contributed by atoms with Crippen molar-refractivity contribution in [2.45, 2.75) is 40.5 Å². The van der Waals surface area contributed by atoms with Gasteiger partial charge in [0.2, 0.25) is 11.8 Å². The normalized spacial score (nSPS) is 22.3. The van der Waals surface area contributed by atoms with E-state index in [4.69, 9.17) is 4.42 Å². The van der Waals surface area contributed by atoms with E-state index >= 15 is 0 Å². The van der Waals surface area contributed by atoms with Crippen LogP contribution in [-0.4, -0.2) is 46.9 Å². The Morgan fingerprint density at radius 2 is 1.90 bits per heavy atom. The molecule has 0 saturated carbocycles. The number of hydrogen-bond donors (Lipinski definition) is 1. The Labute approximate surface area is 174 Å². The van der Waals surface area contributed by atoms with Crippen LogP contribution in [0.5, 0.6) is 0 Å². The van der Waals surface area contributed by atoms with Gasteiger partial charge >= 0.3 is 0 Å². The predicted molar refractivity (Wildman–Crippen MR) is 116 cm³/mol. The van der Waals surface area contributed by atoms with Crippen LogP contribution in [0.2, 0.25) is 0 Å². The molecule has 0 saturated heterocycles. The average molecular weight is 398 g/mol. The van der Waals surface area contributed by atoms with E-state index in [1.165, 1.54) is 11.1 Å². The third-order valence-electron chi connectivity index (χ3n) is 6.27. The lowest BCUT2D eigenvalue weighted by atomic mass is 9.69. The standard InChI is InChI=1S/C24H35N3O2/c1-16(2)22-13-20(18(4)12-21(22)15-27(5)10-11-28)14-23-25-26-24(29-23)19-8-6-17(3)7-9-19/h6-9,12,16,20-22,28H,10-11,13-15H2,1-5H3/t20-,21+,22+/m1/s1. The van der Waals surface area contributed by atoms with Gasteiger partial charge in [0.15, 0.2) is 0 Å². The van der Waals surface area contributed by atoms with Crippen LogP contribution in [0.1, 0.15) is 38.6 Å². The number of nitrogens with zero attached hydrogens (tertiary/aromatic N) is 3. The predicted octanol–water partition coefficient (Wildman–Crippen LogP) is 4.37. The van der Waals surface area contributed by atoms with Crippen molar-refractivity contribution in [2.75, 3.05) is 26.7 Å². The van der Waals surface area contributed by atoms with Gasteiger partial charge in [0.05, 0.1) is 6.61 Å². The van der Waals surface area contributed by atoms with Gasteiger partial charge in [-0.15, -0.1) is 10.2 Å². The lowest BCUT2D eigenvalue weighted by Crippen LogP contribution is -2.36. The molecular weight excluding hydrogens is 362 g/mol. The molecule has 1 aromatic carbocycles. The Morgan fingerprint density at radius 3 is 2.55 bits per heavy atom. The highest BCUT2D eigenvalue weighted by molar-refractivity contribution is 5.52. The van der Waals surface area contributed by atoms with E-state index in [1.807, 2.05) is 12.1 Å². The quantitative estimate of drug-likeness (QED) is 0.670. The first-order valence-corrected chi connectivity index (χ1v) is 10.7. The number of rotatable bonds is 8. The number of aliphatic hydroxyl groups excluding tert-OH is 1. The van der Waals surface area contributed by atoms with Crippen molar-refractivity contribution >= 4 is 0 Å². The van der Waals surface area contributed by atoms with E-state index in [0.717, 1.165) is 37.4 Å². The average Bonchev–Trinajstić information content (AvgIpc) is 3.13. The maximum atomic E-state index is 9.22. The van der Waals surface area contributed by atoms with Crippen molar-refractivity contribution in [3.8, 4) is 11.5 Å². The SMILES string of the molecule is CC1=C[C@@H](CN(C)CCO)[C@H](C(C)C)C[C@@H]1Cc1nnc(-c2ccc(C)cc2)o1. The Hall–Kier alpha value is -1.98. The van der Waals surface area contributed by atoms with E-state index in [0.29, 0.717) is 29.6 Å². The minimum atomic E-state index is 0.210. The van der Waals surface area contributed by atoms with Crippen LogP contribution in [0.25, 0.3) is 11.5 Å². The summed E-state index contributed by atoms with van der Waals surface area (Å²) in [5, 5.41) is 17.8. The fourth-order valence-electron chi connectivity index (χ4n) is 4.47. The van der Waals surface area contributed by atoms with Gasteiger partial charge in [-0.1, -0.05) is 43.2 Å². The highest BCUT2D eigenvalue weighted by Gasteiger charge is 2.33. The summed E-state index contributed by atoms with van der Waals surface area (Å²) in [6, 6.07) is 8.18. The van der Waals surface area contributed by atoms with E-state index in [1.54, 1.807) is 0 Å². The highest BCUT2D eigenvalue weighted by Crippen LogP contribution is 2.39. The van der Waals surface area contributed by atoms with Gasteiger partial charge in [0, 0.05) is 25.1 Å². The third-order valence-corrected chi connectivity index (χ3v) is 6.27. The van der Waals surface area contributed by atoms with Gasteiger partial charge in [-0.25, -0.2) is 0 Å². The van der Waals surface area contributed by atoms with Crippen LogP contribution in [0.3, 0.4) is 0 Å². The van der Waals surface area contributed by atoms with Crippen LogP contribution in [0, 0.1) is 30.6 Å². The number of likely N-dealkylation sites (N-methyl/N-ethyl adjacent to an activating group) is 1.